The molecule has 0 radical (unpaired) electrons. The molecule has 0 N–H and O–H groups in total. The van der Waals surface area contributed by atoms with Crippen molar-refractivity contribution in [1.82, 2.24) is 19.9 Å². The van der Waals surface area contributed by atoms with Crippen LogP contribution in [0.3, 0.4) is 0 Å². The number of ether oxygens (including phenoxy) is 1. The zero-order valence-corrected chi connectivity index (χ0v) is 14.8. The Morgan fingerprint density at radius 3 is 2.33 bits per heavy atom. The molecule has 0 atom stereocenters. The Bertz CT molecular complexity index is 915. The van der Waals surface area contributed by atoms with E-state index in [1.807, 2.05) is 29.2 Å². The van der Waals surface area contributed by atoms with Crippen molar-refractivity contribution in [2.24, 2.45) is 0 Å². The lowest BCUT2D eigenvalue weighted by molar-refractivity contribution is -0.117. The lowest BCUT2D eigenvalue weighted by Gasteiger charge is -2.22. The minimum Gasteiger partial charge on any atom is -0.495 e. The van der Waals surface area contributed by atoms with Gasteiger partial charge in [0.05, 0.1) is 25.2 Å². The van der Waals surface area contributed by atoms with E-state index in [-0.39, 0.29) is 5.91 Å². The van der Waals surface area contributed by atoms with Crippen LogP contribution in [0.5, 0.6) is 5.75 Å². The topological polar surface area (TPSA) is 84.3 Å². The van der Waals surface area contributed by atoms with Crippen LogP contribution in [0.15, 0.2) is 55.2 Å². The highest BCUT2D eigenvalue weighted by atomic mass is 16.5. The van der Waals surface area contributed by atoms with Crippen molar-refractivity contribution < 1.29 is 9.53 Å². The molecule has 0 saturated carbocycles. The van der Waals surface area contributed by atoms with Crippen molar-refractivity contribution in [3.05, 3.63) is 55.2 Å². The van der Waals surface area contributed by atoms with Crippen LogP contribution in [0, 0.1) is 0 Å². The molecule has 0 aromatic carbocycles. The molecular weight excluding hydrogens is 344 g/mol. The Hall–Kier alpha value is -3.55. The Balaban J connectivity index is 1.71. The number of rotatable bonds is 5. The summed E-state index contributed by atoms with van der Waals surface area (Å²) >= 11 is 0. The third-order valence-corrected chi connectivity index (χ3v) is 4.33. The molecule has 27 heavy (non-hydrogen) atoms. The first-order valence-corrected chi connectivity index (χ1v) is 8.59. The van der Waals surface area contributed by atoms with E-state index in [0.717, 1.165) is 18.7 Å². The van der Waals surface area contributed by atoms with E-state index < -0.39 is 0 Å². The molecule has 1 fully saturated rings. The minimum absolute atomic E-state index is 0.133. The van der Waals surface area contributed by atoms with Gasteiger partial charge in [-0.3, -0.25) is 9.69 Å². The molecule has 3 aromatic rings. The first kappa shape index (κ1) is 16.9. The number of carbonyl (C=O) groups is 1. The first-order chi connectivity index (χ1) is 13.3. The highest BCUT2D eigenvalue weighted by Crippen LogP contribution is 2.32. The molecule has 0 spiro atoms. The summed E-state index contributed by atoms with van der Waals surface area (Å²) in [6, 6.07) is 9.19. The summed E-state index contributed by atoms with van der Waals surface area (Å²) in [4.78, 5) is 32.8. The predicted octanol–water partition coefficient (Wildman–Crippen LogP) is 2.87. The molecule has 4 rings (SSSR count). The van der Waals surface area contributed by atoms with Crippen LogP contribution in [0.4, 0.5) is 23.1 Å². The lowest BCUT2D eigenvalue weighted by Crippen LogP contribution is -2.24. The smallest absolute Gasteiger partial charge is 0.227 e. The largest absolute Gasteiger partial charge is 0.495 e. The number of amides is 1. The fourth-order valence-electron chi connectivity index (χ4n) is 2.98. The SMILES string of the molecule is COc1ccc(N(c2ccncn2)c2ccc(N3CCCC3=O)cn2)nc1. The van der Waals surface area contributed by atoms with Gasteiger partial charge in [0.25, 0.3) is 0 Å². The number of aromatic nitrogens is 4. The first-order valence-electron chi connectivity index (χ1n) is 8.59. The average Bonchev–Trinajstić information content (AvgIpc) is 3.16. The molecule has 1 aliphatic heterocycles. The highest BCUT2D eigenvalue weighted by Gasteiger charge is 2.23. The van der Waals surface area contributed by atoms with E-state index in [1.165, 1.54) is 6.33 Å². The van der Waals surface area contributed by atoms with Gasteiger partial charge in [-0.25, -0.2) is 19.9 Å². The lowest BCUT2D eigenvalue weighted by atomic mass is 10.3. The van der Waals surface area contributed by atoms with Gasteiger partial charge in [0.1, 0.15) is 29.5 Å². The van der Waals surface area contributed by atoms with Crippen molar-refractivity contribution in [3.8, 4) is 5.75 Å². The summed E-state index contributed by atoms with van der Waals surface area (Å²) in [6.45, 7) is 0.732. The van der Waals surface area contributed by atoms with Crippen molar-refractivity contribution in [2.75, 3.05) is 23.5 Å². The second-order valence-electron chi connectivity index (χ2n) is 5.98. The number of pyridine rings is 2. The molecule has 0 unspecified atom stereocenters. The van der Waals surface area contributed by atoms with Gasteiger partial charge in [0.2, 0.25) is 5.91 Å². The second kappa shape index (κ2) is 7.36. The van der Waals surface area contributed by atoms with Crippen LogP contribution in [-0.2, 0) is 4.79 Å². The van der Waals surface area contributed by atoms with Crippen LogP contribution in [0.1, 0.15) is 12.8 Å². The van der Waals surface area contributed by atoms with E-state index >= 15 is 0 Å². The average molecular weight is 362 g/mol. The van der Waals surface area contributed by atoms with Gasteiger partial charge in [0.15, 0.2) is 0 Å². The molecule has 3 aromatic heterocycles. The monoisotopic (exact) mass is 362 g/mol. The summed E-state index contributed by atoms with van der Waals surface area (Å²) in [5.74, 6) is 2.72. The summed E-state index contributed by atoms with van der Waals surface area (Å²) in [5.41, 5.74) is 0.798. The van der Waals surface area contributed by atoms with Gasteiger partial charge in [-0.1, -0.05) is 0 Å². The van der Waals surface area contributed by atoms with Crippen LogP contribution >= 0.6 is 0 Å². The number of anilines is 4. The number of nitrogens with zero attached hydrogens (tertiary/aromatic N) is 6. The van der Waals surface area contributed by atoms with E-state index in [9.17, 15) is 4.79 Å². The van der Waals surface area contributed by atoms with Gasteiger partial charge in [0, 0.05) is 19.2 Å². The molecule has 136 valence electrons. The third kappa shape index (κ3) is 3.41. The quantitative estimate of drug-likeness (QED) is 0.690. The van der Waals surface area contributed by atoms with E-state index in [2.05, 4.69) is 19.9 Å². The molecule has 1 amide bonds. The van der Waals surface area contributed by atoms with Crippen molar-refractivity contribution in [2.45, 2.75) is 12.8 Å². The van der Waals surface area contributed by atoms with Crippen LogP contribution in [0.25, 0.3) is 0 Å². The van der Waals surface area contributed by atoms with E-state index in [0.29, 0.717) is 29.6 Å². The normalized spacial score (nSPS) is 13.7. The highest BCUT2D eigenvalue weighted by molar-refractivity contribution is 5.95. The van der Waals surface area contributed by atoms with Crippen molar-refractivity contribution >= 4 is 29.0 Å². The van der Waals surface area contributed by atoms with Gasteiger partial charge < -0.3 is 9.64 Å². The van der Waals surface area contributed by atoms with E-state index in [1.54, 1.807) is 36.7 Å². The number of methoxy groups -OCH3 is 1. The maximum atomic E-state index is 11.9. The Labute approximate surface area is 156 Å². The van der Waals surface area contributed by atoms with Crippen LogP contribution < -0.4 is 14.5 Å². The van der Waals surface area contributed by atoms with Gasteiger partial charge >= 0.3 is 0 Å². The fourth-order valence-corrected chi connectivity index (χ4v) is 2.98. The molecule has 0 bridgehead atoms. The maximum Gasteiger partial charge on any atom is 0.227 e. The van der Waals surface area contributed by atoms with Crippen molar-refractivity contribution in [3.63, 3.8) is 0 Å². The van der Waals surface area contributed by atoms with Crippen LogP contribution in [-0.4, -0.2) is 39.5 Å². The van der Waals surface area contributed by atoms with E-state index in [4.69, 9.17) is 4.74 Å². The van der Waals surface area contributed by atoms with Crippen molar-refractivity contribution in [1.29, 1.82) is 0 Å². The third-order valence-electron chi connectivity index (χ3n) is 4.33. The van der Waals surface area contributed by atoms with Crippen LogP contribution in [0.2, 0.25) is 0 Å². The summed E-state index contributed by atoms with van der Waals surface area (Å²) < 4.78 is 5.18. The second-order valence-corrected chi connectivity index (χ2v) is 5.98. The maximum absolute atomic E-state index is 11.9. The molecule has 8 heteroatoms. The fraction of sp³-hybridized carbons (Fsp3) is 0.211. The Morgan fingerprint density at radius 2 is 1.78 bits per heavy atom. The zero-order valence-electron chi connectivity index (χ0n) is 14.8. The summed E-state index contributed by atoms with van der Waals surface area (Å²) in [6.07, 6.45) is 7.95. The standard InChI is InChI=1S/C19H18N6O2/c1-27-15-5-7-17(22-12-15)25(18-8-9-20-13-23-18)16-6-4-14(11-21-16)24-10-2-3-19(24)26/h4-9,11-13H,2-3,10H2,1H3. The van der Waals surface area contributed by atoms with Gasteiger partial charge in [-0.05, 0) is 36.8 Å². The number of carbonyl (C=O) groups excluding carboxylic acids is 1. The molecule has 1 aliphatic rings. The molecule has 8 nitrogen and oxygen atoms in total. The Morgan fingerprint density at radius 1 is 1.00 bits per heavy atom. The molecule has 0 aliphatic carbocycles. The zero-order chi connectivity index (χ0) is 18.6. The minimum atomic E-state index is 0.133. The number of hydrogen-bond donors (Lipinski definition) is 0. The Kier molecular flexibility index (Phi) is 4.61. The predicted molar refractivity (Wildman–Crippen MR) is 100 cm³/mol. The molecule has 4 heterocycles. The summed E-state index contributed by atoms with van der Waals surface area (Å²) in [5, 5.41) is 0. The molecular formula is C19H18N6O2. The van der Waals surface area contributed by atoms with Gasteiger partial charge in [-0.2, -0.15) is 0 Å². The summed E-state index contributed by atoms with van der Waals surface area (Å²) in [7, 11) is 1.60. The number of hydrogen-bond acceptors (Lipinski definition) is 7. The molecule has 1 saturated heterocycles. The van der Waals surface area contributed by atoms with Gasteiger partial charge in [-0.15, -0.1) is 0 Å².